The zero-order valence-corrected chi connectivity index (χ0v) is 12.0. The van der Waals surface area contributed by atoms with Crippen LogP contribution in [0.3, 0.4) is 0 Å². The molecule has 0 saturated heterocycles. The van der Waals surface area contributed by atoms with Crippen LogP contribution < -0.4 is 5.32 Å². The van der Waals surface area contributed by atoms with E-state index in [4.69, 9.17) is 4.74 Å². The Bertz CT molecular complexity index is 363. The number of hydrogen-bond acceptors (Lipinski definition) is 5. The summed E-state index contributed by atoms with van der Waals surface area (Å²) in [7, 11) is 1.41. The van der Waals surface area contributed by atoms with Crippen molar-refractivity contribution in [1.82, 2.24) is 5.32 Å². The summed E-state index contributed by atoms with van der Waals surface area (Å²) < 4.78 is 10.1. The van der Waals surface area contributed by atoms with Crippen LogP contribution in [0, 0.1) is 0 Å². The van der Waals surface area contributed by atoms with E-state index in [-0.39, 0.29) is 12.1 Å². The number of carbonyl (C=O) groups is 1. The number of rotatable bonds is 8. The fourth-order valence-electron chi connectivity index (χ4n) is 1.41. The molecule has 0 aliphatic carbocycles. The molecule has 0 aliphatic rings. The Labute approximate surface area is 112 Å². The second kappa shape index (κ2) is 8.24. The molecular weight excluding hydrogens is 250 g/mol. The van der Waals surface area contributed by atoms with Gasteiger partial charge < -0.3 is 14.8 Å². The molecule has 0 radical (unpaired) electrons. The molecule has 0 atom stereocenters. The van der Waals surface area contributed by atoms with Crippen molar-refractivity contribution in [2.24, 2.45) is 0 Å². The van der Waals surface area contributed by atoms with Crippen LogP contribution in [0.15, 0.2) is 12.1 Å². The van der Waals surface area contributed by atoms with Crippen molar-refractivity contribution in [2.75, 3.05) is 20.3 Å². The molecule has 1 aromatic heterocycles. The minimum absolute atomic E-state index is 0.193. The number of ether oxygens (including phenoxy) is 2. The van der Waals surface area contributed by atoms with Gasteiger partial charge >= 0.3 is 5.97 Å². The lowest BCUT2D eigenvalue weighted by Gasteiger charge is -2.07. The molecule has 102 valence electrons. The highest BCUT2D eigenvalue weighted by Crippen LogP contribution is 2.17. The highest BCUT2D eigenvalue weighted by atomic mass is 32.1. The van der Waals surface area contributed by atoms with E-state index in [1.165, 1.54) is 12.0 Å². The van der Waals surface area contributed by atoms with Crippen LogP contribution in [-0.4, -0.2) is 32.3 Å². The van der Waals surface area contributed by atoms with E-state index >= 15 is 0 Å². The Morgan fingerprint density at radius 2 is 2.11 bits per heavy atom. The quantitative estimate of drug-likeness (QED) is 0.580. The largest absolute Gasteiger partial charge is 0.469 e. The smallest absolute Gasteiger partial charge is 0.310 e. The SMILES string of the molecule is COC(=O)Cc1ccc(CNCCOC(C)C)s1. The first-order valence-electron chi connectivity index (χ1n) is 6.08. The van der Waals surface area contributed by atoms with Gasteiger partial charge in [-0.15, -0.1) is 11.3 Å². The van der Waals surface area contributed by atoms with Gasteiger partial charge in [0, 0.05) is 22.8 Å². The molecule has 18 heavy (non-hydrogen) atoms. The average molecular weight is 271 g/mol. The molecular formula is C13H21NO3S. The minimum Gasteiger partial charge on any atom is -0.469 e. The predicted octanol–water partition coefficient (Wildman–Crippen LogP) is 1.98. The van der Waals surface area contributed by atoms with Gasteiger partial charge in [-0.3, -0.25) is 4.79 Å². The van der Waals surface area contributed by atoms with E-state index < -0.39 is 0 Å². The number of nitrogens with one attached hydrogen (secondary N) is 1. The highest BCUT2D eigenvalue weighted by Gasteiger charge is 2.05. The van der Waals surface area contributed by atoms with Gasteiger partial charge in [0.2, 0.25) is 0 Å². The zero-order valence-electron chi connectivity index (χ0n) is 11.2. The second-order valence-electron chi connectivity index (χ2n) is 4.22. The normalized spacial score (nSPS) is 10.9. The first-order valence-corrected chi connectivity index (χ1v) is 6.90. The van der Waals surface area contributed by atoms with E-state index in [9.17, 15) is 4.79 Å². The number of methoxy groups -OCH3 is 1. The van der Waals surface area contributed by atoms with Gasteiger partial charge in [0.15, 0.2) is 0 Å². The molecule has 4 nitrogen and oxygen atoms in total. The fourth-order valence-corrected chi connectivity index (χ4v) is 2.38. The lowest BCUT2D eigenvalue weighted by molar-refractivity contribution is -0.139. The predicted molar refractivity (Wildman–Crippen MR) is 72.8 cm³/mol. The Morgan fingerprint density at radius 1 is 1.39 bits per heavy atom. The molecule has 0 aromatic carbocycles. The second-order valence-corrected chi connectivity index (χ2v) is 5.47. The van der Waals surface area contributed by atoms with Crippen LogP contribution in [0.25, 0.3) is 0 Å². The summed E-state index contributed by atoms with van der Waals surface area (Å²) in [6, 6.07) is 4.02. The summed E-state index contributed by atoms with van der Waals surface area (Å²) in [6.07, 6.45) is 0.637. The van der Waals surface area contributed by atoms with E-state index in [1.807, 2.05) is 26.0 Å². The van der Waals surface area contributed by atoms with Crippen LogP contribution >= 0.6 is 11.3 Å². The van der Waals surface area contributed by atoms with Crippen LogP contribution in [-0.2, 0) is 27.2 Å². The number of esters is 1. The van der Waals surface area contributed by atoms with Crippen LogP contribution in [0.1, 0.15) is 23.6 Å². The maximum absolute atomic E-state index is 11.1. The lowest BCUT2D eigenvalue weighted by Crippen LogP contribution is -2.20. The number of hydrogen-bond donors (Lipinski definition) is 1. The summed E-state index contributed by atoms with van der Waals surface area (Å²) in [5.74, 6) is -0.193. The molecule has 0 fully saturated rings. The Morgan fingerprint density at radius 3 is 2.78 bits per heavy atom. The van der Waals surface area contributed by atoms with Gasteiger partial charge in [-0.25, -0.2) is 0 Å². The van der Waals surface area contributed by atoms with Crippen molar-refractivity contribution in [1.29, 1.82) is 0 Å². The first-order chi connectivity index (χ1) is 8.61. The zero-order chi connectivity index (χ0) is 13.4. The standard InChI is InChI=1S/C13H21NO3S/c1-10(2)17-7-6-14-9-12-5-4-11(18-12)8-13(15)16-3/h4-5,10,14H,6-9H2,1-3H3. The third-order valence-electron chi connectivity index (χ3n) is 2.29. The molecule has 0 spiro atoms. The van der Waals surface area contributed by atoms with Crippen molar-refractivity contribution in [3.05, 3.63) is 21.9 Å². The number of carbonyl (C=O) groups excluding carboxylic acids is 1. The van der Waals surface area contributed by atoms with Crippen molar-refractivity contribution in [3.63, 3.8) is 0 Å². The molecule has 0 saturated carbocycles. The van der Waals surface area contributed by atoms with Crippen molar-refractivity contribution >= 4 is 17.3 Å². The van der Waals surface area contributed by atoms with Crippen LogP contribution in [0.5, 0.6) is 0 Å². The van der Waals surface area contributed by atoms with Gasteiger partial charge in [0.25, 0.3) is 0 Å². The van der Waals surface area contributed by atoms with Gasteiger partial charge in [-0.1, -0.05) is 0 Å². The summed E-state index contributed by atoms with van der Waals surface area (Å²) in [6.45, 7) is 6.42. The fraction of sp³-hybridized carbons (Fsp3) is 0.615. The molecule has 0 bridgehead atoms. The van der Waals surface area contributed by atoms with E-state index in [1.54, 1.807) is 11.3 Å². The Balaban J connectivity index is 2.21. The Kier molecular flexibility index (Phi) is 6.93. The molecule has 5 heteroatoms. The highest BCUT2D eigenvalue weighted by molar-refractivity contribution is 7.12. The first kappa shape index (κ1) is 15.1. The van der Waals surface area contributed by atoms with E-state index in [0.29, 0.717) is 6.42 Å². The number of thiophene rings is 1. The van der Waals surface area contributed by atoms with Crippen LogP contribution in [0.2, 0.25) is 0 Å². The van der Waals surface area contributed by atoms with Crippen molar-refractivity contribution in [2.45, 2.75) is 32.9 Å². The molecule has 0 amide bonds. The molecule has 1 rings (SSSR count). The molecule has 0 aliphatic heterocycles. The summed E-state index contributed by atoms with van der Waals surface area (Å²) in [5.41, 5.74) is 0. The van der Waals surface area contributed by atoms with E-state index in [2.05, 4.69) is 10.1 Å². The third-order valence-corrected chi connectivity index (χ3v) is 3.38. The van der Waals surface area contributed by atoms with E-state index in [0.717, 1.165) is 24.6 Å². The van der Waals surface area contributed by atoms with Gasteiger partial charge in [0.1, 0.15) is 0 Å². The average Bonchev–Trinajstić information content (AvgIpc) is 2.75. The summed E-state index contributed by atoms with van der Waals surface area (Å²) >= 11 is 1.64. The third kappa shape index (κ3) is 6.14. The molecule has 1 heterocycles. The Hall–Kier alpha value is -0.910. The monoisotopic (exact) mass is 271 g/mol. The van der Waals surface area contributed by atoms with Crippen molar-refractivity contribution in [3.8, 4) is 0 Å². The minimum atomic E-state index is -0.193. The summed E-state index contributed by atoms with van der Waals surface area (Å²) in [5, 5.41) is 3.31. The van der Waals surface area contributed by atoms with Crippen molar-refractivity contribution < 1.29 is 14.3 Å². The van der Waals surface area contributed by atoms with Gasteiger partial charge in [-0.05, 0) is 26.0 Å². The lowest BCUT2D eigenvalue weighted by atomic mass is 10.3. The molecule has 0 unspecified atom stereocenters. The topological polar surface area (TPSA) is 47.6 Å². The molecule has 1 aromatic rings. The van der Waals surface area contributed by atoms with Gasteiger partial charge in [-0.2, -0.15) is 0 Å². The molecule has 1 N–H and O–H groups in total. The summed E-state index contributed by atoms with van der Waals surface area (Å²) in [4.78, 5) is 13.4. The van der Waals surface area contributed by atoms with Gasteiger partial charge in [0.05, 0.1) is 26.2 Å². The van der Waals surface area contributed by atoms with Crippen LogP contribution in [0.4, 0.5) is 0 Å². The maximum atomic E-state index is 11.1. The maximum Gasteiger partial charge on any atom is 0.310 e.